The number of piperazine rings is 1. The van der Waals surface area contributed by atoms with Crippen LogP contribution in [0, 0.1) is 0 Å². The zero-order chi connectivity index (χ0) is 14.2. The van der Waals surface area contributed by atoms with Crippen LogP contribution in [0.5, 0.6) is 0 Å². The molecule has 0 amide bonds. The van der Waals surface area contributed by atoms with Gasteiger partial charge in [-0.1, -0.05) is 11.2 Å². The molecular weight excluding hydrogens is 268 g/mol. The summed E-state index contributed by atoms with van der Waals surface area (Å²) in [6.07, 6.45) is 3.84. The van der Waals surface area contributed by atoms with E-state index in [0.29, 0.717) is 17.4 Å². The highest BCUT2D eigenvalue weighted by Gasteiger charge is 2.25. The van der Waals surface area contributed by atoms with E-state index in [1.807, 2.05) is 35.0 Å². The third-order valence-electron chi connectivity index (χ3n) is 3.83. The lowest BCUT2D eigenvalue weighted by Crippen LogP contribution is -2.44. The number of nitrogens with zero attached hydrogens (tertiary/aromatic N) is 5. The lowest BCUT2D eigenvalue weighted by molar-refractivity contribution is 0.190. The number of aromatic nitrogens is 4. The highest BCUT2D eigenvalue weighted by Crippen LogP contribution is 2.22. The zero-order valence-electron chi connectivity index (χ0n) is 11.7. The number of hydrogen-bond donors (Lipinski definition) is 1. The quantitative estimate of drug-likeness (QED) is 0.756. The van der Waals surface area contributed by atoms with Crippen LogP contribution in [-0.4, -0.2) is 51.1 Å². The van der Waals surface area contributed by atoms with Crippen molar-refractivity contribution in [3.8, 4) is 11.6 Å². The van der Waals surface area contributed by atoms with Crippen LogP contribution in [0.3, 0.4) is 0 Å². The number of rotatable bonds is 2. The molecule has 0 aromatic carbocycles. The summed E-state index contributed by atoms with van der Waals surface area (Å²) in [6.45, 7) is 2.80. The molecule has 4 rings (SSSR count). The van der Waals surface area contributed by atoms with Crippen LogP contribution in [0.25, 0.3) is 17.2 Å². The fraction of sp³-hybridized carbons (Fsp3) is 0.357. The zero-order valence-corrected chi connectivity index (χ0v) is 11.7. The molecule has 108 valence electrons. The molecule has 0 aliphatic carbocycles. The van der Waals surface area contributed by atoms with E-state index < -0.39 is 0 Å². The van der Waals surface area contributed by atoms with Gasteiger partial charge < -0.3 is 14.2 Å². The predicted molar refractivity (Wildman–Crippen MR) is 76.7 cm³/mol. The van der Waals surface area contributed by atoms with Crippen molar-refractivity contribution in [1.29, 1.82) is 0 Å². The number of hydrogen-bond acceptors (Lipinski definition) is 6. The van der Waals surface area contributed by atoms with Crippen molar-refractivity contribution in [2.45, 2.75) is 6.04 Å². The van der Waals surface area contributed by atoms with Gasteiger partial charge in [-0.3, -0.25) is 4.90 Å². The van der Waals surface area contributed by atoms with Gasteiger partial charge in [0.15, 0.2) is 5.82 Å². The lowest BCUT2D eigenvalue weighted by atomic mass is 10.2. The van der Waals surface area contributed by atoms with E-state index in [9.17, 15) is 0 Å². The second-order valence-electron chi connectivity index (χ2n) is 5.25. The average molecular weight is 284 g/mol. The molecule has 1 unspecified atom stereocenters. The molecule has 7 heteroatoms. The van der Waals surface area contributed by atoms with Crippen molar-refractivity contribution in [3.63, 3.8) is 0 Å². The van der Waals surface area contributed by atoms with Crippen LogP contribution < -0.4 is 5.32 Å². The van der Waals surface area contributed by atoms with Crippen LogP contribution in [-0.2, 0) is 0 Å². The standard InChI is InChI=1S/C14H16N6O/c1-19-7-5-15-8-11(19)13-17-14(21-18-13)10-9-20-6-3-2-4-12(20)16-10/h2-4,6,9,11,15H,5,7-8H2,1H3. The van der Waals surface area contributed by atoms with Crippen LogP contribution >= 0.6 is 0 Å². The molecule has 1 atom stereocenters. The number of likely N-dealkylation sites (N-methyl/N-ethyl adjacent to an activating group) is 1. The van der Waals surface area contributed by atoms with Gasteiger partial charge in [-0.15, -0.1) is 0 Å². The summed E-state index contributed by atoms with van der Waals surface area (Å²) < 4.78 is 7.33. The third-order valence-corrected chi connectivity index (χ3v) is 3.83. The normalized spacial score (nSPS) is 20.1. The molecule has 1 aliphatic heterocycles. The molecule has 0 spiro atoms. The minimum absolute atomic E-state index is 0.147. The number of pyridine rings is 1. The van der Waals surface area contributed by atoms with E-state index in [-0.39, 0.29) is 6.04 Å². The van der Waals surface area contributed by atoms with Gasteiger partial charge in [0, 0.05) is 32.0 Å². The Morgan fingerprint density at radius 1 is 1.33 bits per heavy atom. The molecule has 4 heterocycles. The van der Waals surface area contributed by atoms with E-state index >= 15 is 0 Å². The summed E-state index contributed by atoms with van der Waals surface area (Å²) in [5.41, 5.74) is 1.56. The van der Waals surface area contributed by atoms with Gasteiger partial charge in [-0.05, 0) is 19.2 Å². The maximum Gasteiger partial charge on any atom is 0.278 e. The SMILES string of the molecule is CN1CCNCC1c1noc(-c2cn3ccccc3n2)n1. The predicted octanol–water partition coefficient (Wildman–Crippen LogP) is 0.960. The lowest BCUT2D eigenvalue weighted by Gasteiger charge is -2.30. The van der Waals surface area contributed by atoms with E-state index in [2.05, 4.69) is 32.4 Å². The fourth-order valence-corrected chi connectivity index (χ4v) is 2.61. The van der Waals surface area contributed by atoms with Crippen molar-refractivity contribution >= 4 is 5.65 Å². The molecule has 0 radical (unpaired) electrons. The van der Waals surface area contributed by atoms with Gasteiger partial charge in [-0.2, -0.15) is 4.98 Å². The van der Waals surface area contributed by atoms with Crippen molar-refractivity contribution in [2.75, 3.05) is 26.7 Å². The van der Waals surface area contributed by atoms with Gasteiger partial charge >= 0.3 is 0 Å². The van der Waals surface area contributed by atoms with Crippen LogP contribution in [0.4, 0.5) is 0 Å². The Balaban J connectivity index is 1.67. The highest BCUT2D eigenvalue weighted by atomic mass is 16.5. The number of imidazole rings is 1. The van der Waals surface area contributed by atoms with E-state index in [0.717, 1.165) is 25.3 Å². The Bertz CT molecular complexity index is 731. The highest BCUT2D eigenvalue weighted by molar-refractivity contribution is 5.53. The minimum atomic E-state index is 0.147. The monoisotopic (exact) mass is 284 g/mol. The molecule has 21 heavy (non-hydrogen) atoms. The summed E-state index contributed by atoms with van der Waals surface area (Å²) in [6, 6.07) is 6.00. The van der Waals surface area contributed by atoms with Gasteiger partial charge in [0.2, 0.25) is 0 Å². The maximum absolute atomic E-state index is 5.39. The Morgan fingerprint density at radius 2 is 2.29 bits per heavy atom. The Hall–Kier alpha value is -2.25. The first kappa shape index (κ1) is 12.5. The molecule has 1 fully saturated rings. The summed E-state index contributed by atoms with van der Waals surface area (Å²) in [5, 5.41) is 7.47. The van der Waals surface area contributed by atoms with Crippen LogP contribution in [0.15, 0.2) is 35.1 Å². The third kappa shape index (κ3) is 2.20. The Morgan fingerprint density at radius 3 is 3.14 bits per heavy atom. The Labute approximate surface area is 121 Å². The van der Waals surface area contributed by atoms with Crippen molar-refractivity contribution < 1.29 is 4.52 Å². The first-order valence-corrected chi connectivity index (χ1v) is 7.00. The van der Waals surface area contributed by atoms with Gasteiger partial charge in [0.05, 0.1) is 6.04 Å². The first-order chi connectivity index (χ1) is 10.3. The maximum atomic E-state index is 5.39. The van der Waals surface area contributed by atoms with Gasteiger partial charge in [0.25, 0.3) is 5.89 Å². The molecule has 1 N–H and O–H groups in total. The van der Waals surface area contributed by atoms with Gasteiger partial charge in [-0.25, -0.2) is 4.98 Å². The van der Waals surface area contributed by atoms with E-state index in [1.165, 1.54) is 0 Å². The molecule has 1 saturated heterocycles. The average Bonchev–Trinajstić information content (AvgIpc) is 3.14. The number of fused-ring (bicyclic) bond motifs is 1. The number of nitrogens with one attached hydrogen (secondary N) is 1. The molecule has 0 saturated carbocycles. The van der Waals surface area contributed by atoms with Crippen molar-refractivity contribution in [1.82, 2.24) is 29.7 Å². The minimum Gasteiger partial charge on any atom is -0.332 e. The molecule has 0 bridgehead atoms. The fourth-order valence-electron chi connectivity index (χ4n) is 2.61. The van der Waals surface area contributed by atoms with Crippen molar-refractivity contribution in [2.24, 2.45) is 0 Å². The molecule has 1 aliphatic rings. The first-order valence-electron chi connectivity index (χ1n) is 7.00. The Kier molecular flexibility index (Phi) is 2.94. The van der Waals surface area contributed by atoms with Crippen molar-refractivity contribution in [3.05, 3.63) is 36.4 Å². The summed E-state index contributed by atoms with van der Waals surface area (Å²) in [5.74, 6) is 1.17. The van der Waals surface area contributed by atoms with E-state index in [4.69, 9.17) is 4.52 Å². The molecule has 7 nitrogen and oxygen atoms in total. The molecule has 3 aromatic heterocycles. The second-order valence-corrected chi connectivity index (χ2v) is 5.25. The van der Waals surface area contributed by atoms with Gasteiger partial charge in [0.1, 0.15) is 11.3 Å². The van der Waals surface area contributed by atoms with E-state index in [1.54, 1.807) is 0 Å². The largest absolute Gasteiger partial charge is 0.332 e. The van der Waals surface area contributed by atoms with Crippen LogP contribution in [0.2, 0.25) is 0 Å². The molecular formula is C14H16N6O. The smallest absolute Gasteiger partial charge is 0.278 e. The summed E-state index contributed by atoms with van der Waals surface area (Å²) in [7, 11) is 2.08. The topological polar surface area (TPSA) is 71.5 Å². The second kappa shape index (κ2) is 4.94. The van der Waals surface area contributed by atoms with Crippen LogP contribution in [0.1, 0.15) is 11.9 Å². The summed E-state index contributed by atoms with van der Waals surface area (Å²) >= 11 is 0. The molecule has 3 aromatic rings. The summed E-state index contributed by atoms with van der Waals surface area (Å²) in [4.78, 5) is 11.2.